The van der Waals surface area contributed by atoms with Gasteiger partial charge in [-0.05, 0) is 36.8 Å². The summed E-state index contributed by atoms with van der Waals surface area (Å²) in [6.45, 7) is 1.79. The molecule has 8 heteroatoms. The Morgan fingerprint density at radius 2 is 2.04 bits per heavy atom. The summed E-state index contributed by atoms with van der Waals surface area (Å²) in [5.41, 5.74) is 0.674. The minimum atomic E-state index is -4.50. The Labute approximate surface area is 147 Å². The topological polar surface area (TPSA) is 55.6 Å². The molecule has 0 aliphatic heterocycles. The van der Waals surface area contributed by atoms with Gasteiger partial charge in [0.05, 0.1) is 18.4 Å². The Balaban J connectivity index is 1.88. The first-order valence-electron chi connectivity index (χ1n) is 7.76. The van der Waals surface area contributed by atoms with Crippen molar-refractivity contribution in [1.82, 2.24) is 14.7 Å². The Morgan fingerprint density at radius 3 is 2.73 bits per heavy atom. The normalized spacial score (nSPS) is 11.6. The quantitative estimate of drug-likeness (QED) is 0.771. The lowest BCUT2D eigenvalue weighted by Crippen LogP contribution is -2.25. The van der Waals surface area contributed by atoms with Gasteiger partial charge >= 0.3 is 6.18 Å². The molecule has 0 radical (unpaired) electrons. The van der Waals surface area contributed by atoms with Gasteiger partial charge in [0, 0.05) is 12.7 Å². The fourth-order valence-electron chi connectivity index (χ4n) is 2.65. The minimum Gasteiger partial charge on any atom is -0.497 e. The third kappa shape index (κ3) is 3.49. The Hall–Kier alpha value is -3.03. The maximum Gasteiger partial charge on any atom is 0.417 e. The van der Waals surface area contributed by atoms with Crippen LogP contribution < -0.4 is 10.1 Å². The molecule has 0 saturated carbocycles. The summed E-state index contributed by atoms with van der Waals surface area (Å²) in [5, 5.41) is 2.71. The van der Waals surface area contributed by atoms with Crippen LogP contribution in [-0.4, -0.2) is 22.4 Å². The van der Waals surface area contributed by atoms with Crippen LogP contribution in [0.4, 0.5) is 13.2 Å². The molecule has 3 rings (SSSR count). The van der Waals surface area contributed by atoms with Crippen LogP contribution in [0, 0.1) is 6.92 Å². The number of halogens is 3. The van der Waals surface area contributed by atoms with Crippen molar-refractivity contribution in [3.05, 3.63) is 65.1 Å². The average molecular weight is 363 g/mol. The van der Waals surface area contributed by atoms with E-state index in [1.165, 1.54) is 17.6 Å². The van der Waals surface area contributed by atoms with Gasteiger partial charge in [-0.1, -0.05) is 12.1 Å². The van der Waals surface area contributed by atoms with Crippen molar-refractivity contribution >= 4 is 11.6 Å². The largest absolute Gasteiger partial charge is 0.497 e. The molecule has 1 N–H and O–H groups in total. The number of hydrogen-bond donors (Lipinski definition) is 1. The van der Waals surface area contributed by atoms with Crippen molar-refractivity contribution in [2.75, 3.05) is 7.11 Å². The van der Waals surface area contributed by atoms with Crippen molar-refractivity contribution in [3.63, 3.8) is 0 Å². The minimum absolute atomic E-state index is 0.0778. The van der Waals surface area contributed by atoms with E-state index in [0.29, 0.717) is 11.4 Å². The van der Waals surface area contributed by atoms with Crippen LogP contribution in [0.3, 0.4) is 0 Å². The van der Waals surface area contributed by atoms with E-state index in [1.807, 2.05) is 6.07 Å². The van der Waals surface area contributed by atoms with Gasteiger partial charge in [-0.15, -0.1) is 0 Å². The van der Waals surface area contributed by atoms with Gasteiger partial charge in [0.15, 0.2) is 0 Å². The number of ether oxygens (including phenoxy) is 1. The molecule has 5 nitrogen and oxygen atoms in total. The number of pyridine rings is 1. The zero-order valence-electron chi connectivity index (χ0n) is 14.1. The van der Waals surface area contributed by atoms with E-state index in [9.17, 15) is 18.0 Å². The fraction of sp³-hybridized carbons (Fsp3) is 0.222. The number of nitrogens with one attached hydrogen (secondary N) is 1. The Kier molecular flexibility index (Phi) is 4.58. The van der Waals surface area contributed by atoms with Gasteiger partial charge in [0.25, 0.3) is 5.91 Å². The molecule has 1 amide bonds. The molecular formula is C18H16F3N3O2. The van der Waals surface area contributed by atoms with Crippen molar-refractivity contribution in [3.8, 4) is 5.75 Å². The van der Waals surface area contributed by atoms with Crippen molar-refractivity contribution in [2.24, 2.45) is 0 Å². The molecule has 136 valence electrons. The van der Waals surface area contributed by atoms with Gasteiger partial charge in [0.2, 0.25) is 0 Å². The molecule has 0 unspecified atom stereocenters. The van der Waals surface area contributed by atoms with Crippen LogP contribution in [0.1, 0.15) is 27.3 Å². The zero-order valence-corrected chi connectivity index (χ0v) is 14.1. The van der Waals surface area contributed by atoms with E-state index in [0.717, 1.165) is 17.8 Å². The zero-order chi connectivity index (χ0) is 18.9. The molecular weight excluding hydrogens is 347 g/mol. The molecule has 1 aromatic carbocycles. The molecule has 3 aromatic rings. The summed E-state index contributed by atoms with van der Waals surface area (Å²) >= 11 is 0. The number of nitrogens with zero attached hydrogens (tertiary/aromatic N) is 2. The van der Waals surface area contributed by atoms with Crippen LogP contribution in [0.25, 0.3) is 5.65 Å². The number of alkyl halides is 3. The third-order valence-electron chi connectivity index (χ3n) is 3.92. The molecule has 0 aliphatic carbocycles. The van der Waals surface area contributed by atoms with Gasteiger partial charge in [0.1, 0.15) is 17.1 Å². The predicted octanol–water partition coefficient (Wildman–Crippen LogP) is 3.60. The van der Waals surface area contributed by atoms with E-state index in [4.69, 9.17) is 4.74 Å². The average Bonchev–Trinajstić information content (AvgIpc) is 2.94. The number of rotatable bonds is 4. The fourth-order valence-corrected chi connectivity index (χ4v) is 2.65. The first-order chi connectivity index (χ1) is 12.3. The van der Waals surface area contributed by atoms with Crippen molar-refractivity contribution < 1.29 is 22.7 Å². The number of carbonyl (C=O) groups excluding carboxylic acids is 1. The molecule has 0 bridgehead atoms. The highest BCUT2D eigenvalue weighted by molar-refractivity contribution is 5.94. The number of aromatic nitrogens is 2. The highest BCUT2D eigenvalue weighted by Gasteiger charge is 2.31. The molecule has 0 saturated heterocycles. The second-order valence-electron chi connectivity index (χ2n) is 5.72. The van der Waals surface area contributed by atoms with E-state index in [1.54, 1.807) is 25.1 Å². The lowest BCUT2D eigenvalue weighted by molar-refractivity contribution is -0.137. The molecule has 0 spiro atoms. The summed E-state index contributed by atoms with van der Waals surface area (Å²) in [5.74, 6) is 0.148. The lowest BCUT2D eigenvalue weighted by Gasteiger charge is -2.10. The number of imidazole rings is 1. The number of aryl methyl sites for hydroxylation is 1. The highest BCUT2D eigenvalue weighted by Crippen LogP contribution is 2.29. The molecule has 0 fully saturated rings. The molecule has 2 heterocycles. The summed E-state index contributed by atoms with van der Waals surface area (Å²) in [4.78, 5) is 16.7. The summed E-state index contributed by atoms with van der Waals surface area (Å²) in [6.07, 6.45) is -3.61. The van der Waals surface area contributed by atoms with Crippen LogP contribution in [0.2, 0.25) is 0 Å². The van der Waals surface area contributed by atoms with Gasteiger partial charge in [-0.25, -0.2) is 4.98 Å². The molecule has 2 aromatic heterocycles. The monoisotopic (exact) mass is 363 g/mol. The number of methoxy groups -OCH3 is 1. The van der Waals surface area contributed by atoms with Crippen LogP contribution >= 0.6 is 0 Å². The van der Waals surface area contributed by atoms with Crippen LogP contribution in [0.5, 0.6) is 5.75 Å². The Morgan fingerprint density at radius 1 is 1.27 bits per heavy atom. The molecule has 26 heavy (non-hydrogen) atoms. The van der Waals surface area contributed by atoms with Gasteiger partial charge < -0.3 is 10.1 Å². The summed E-state index contributed by atoms with van der Waals surface area (Å²) in [6, 6.07) is 9.33. The van der Waals surface area contributed by atoms with Crippen molar-refractivity contribution in [2.45, 2.75) is 19.6 Å². The molecule has 0 atom stereocenters. The first kappa shape index (κ1) is 17.8. The number of benzene rings is 1. The van der Waals surface area contributed by atoms with Gasteiger partial charge in [-0.3, -0.25) is 9.20 Å². The SMILES string of the molecule is COc1cccc(CNC(=O)c2c(C)nc3ccc(C(F)(F)F)cn23)c1. The van der Waals surface area contributed by atoms with E-state index in [2.05, 4.69) is 10.3 Å². The number of amides is 1. The maximum absolute atomic E-state index is 13.0. The van der Waals surface area contributed by atoms with Crippen molar-refractivity contribution in [1.29, 1.82) is 0 Å². The predicted molar refractivity (Wildman–Crippen MR) is 89.1 cm³/mol. The van der Waals surface area contributed by atoms with Crippen LogP contribution in [0.15, 0.2) is 42.6 Å². The van der Waals surface area contributed by atoms with Gasteiger partial charge in [-0.2, -0.15) is 13.2 Å². The number of hydrogen-bond acceptors (Lipinski definition) is 3. The second-order valence-corrected chi connectivity index (χ2v) is 5.72. The smallest absolute Gasteiger partial charge is 0.417 e. The molecule has 0 aliphatic rings. The number of fused-ring (bicyclic) bond motifs is 1. The lowest BCUT2D eigenvalue weighted by atomic mass is 10.2. The van der Waals surface area contributed by atoms with Crippen LogP contribution in [-0.2, 0) is 12.7 Å². The standard InChI is InChI=1S/C18H16F3N3O2/c1-11-16(17(25)22-9-12-4-3-5-14(8-12)26-2)24-10-13(18(19,20)21)6-7-15(24)23-11/h3-8,10H,9H2,1-2H3,(H,22,25). The number of carbonyl (C=O) groups is 1. The second kappa shape index (κ2) is 6.70. The third-order valence-corrected chi connectivity index (χ3v) is 3.92. The summed E-state index contributed by atoms with van der Waals surface area (Å²) in [7, 11) is 1.54. The van der Waals surface area contributed by atoms with E-state index < -0.39 is 17.6 Å². The maximum atomic E-state index is 13.0. The first-order valence-corrected chi connectivity index (χ1v) is 7.76. The van der Waals surface area contributed by atoms with E-state index in [-0.39, 0.29) is 17.9 Å². The summed E-state index contributed by atoms with van der Waals surface area (Å²) < 4.78 is 45.1. The van der Waals surface area contributed by atoms with E-state index >= 15 is 0 Å². The Bertz CT molecular complexity index is 964. The highest BCUT2D eigenvalue weighted by atomic mass is 19.4.